The summed E-state index contributed by atoms with van der Waals surface area (Å²) in [5.74, 6) is 0.924. The van der Waals surface area contributed by atoms with Crippen LogP contribution < -0.4 is 5.43 Å². The van der Waals surface area contributed by atoms with E-state index >= 15 is 0 Å². The van der Waals surface area contributed by atoms with E-state index in [1.807, 2.05) is 29.8 Å². The lowest BCUT2D eigenvalue weighted by molar-refractivity contribution is -0.126. The predicted octanol–water partition coefficient (Wildman–Crippen LogP) is 1.02. The van der Waals surface area contributed by atoms with E-state index in [9.17, 15) is 4.79 Å². The minimum atomic E-state index is 0.142. The van der Waals surface area contributed by atoms with Gasteiger partial charge in [0.25, 0.3) is 5.91 Å². The van der Waals surface area contributed by atoms with Gasteiger partial charge in [0.2, 0.25) is 0 Å². The minimum absolute atomic E-state index is 0.142. The van der Waals surface area contributed by atoms with Crippen LogP contribution in [0, 0.1) is 0 Å². The number of amides is 1. The normalized spacial score (nSPS) is 23.2. The summed E-state index contributed by atoms with van der Waals surface area (Å²) >= 11 is 0. The Morgan fingerprint density at radius 2 is 2.06 bits per heavy atom. The maximum atomic E-state index is 12.4. The molecule has 3 aliphatic rings. The van der Waals surface area contributed by atoms with Crippen molar-refractivity contribution in [2.24, 2.45) is 4.99 Å². The summed E-state index contributed by atoms with van der Waals surface area (Å²) in [7, 11) is 0. The van der Waals surface area contributed by atoms with Crippen LogP contribution in [0.2, 0.25) is 0 Å². The summed E-state index contributed by atoms with van der Waals surface area (Å²) in [6.07, 6.45) is 4.25. The molecule has 5 nitrogen and oxygen atoms in total. The topological polar surface area (TPSA) is 47.9 Å². The van der Waals surface area contributed by atoms with Gasteiger partial charge < -0.3 is 4.90 Å². The number of nitrogens with zero attached hydrogens (tertiary/aromatic N) is 3. The number of carbonyl (C=O) groups is 1. The van der Waals surface area contributed by atoms with Gasteiger partial charge in [-0.3, -0.25) is 9.80 Å². The monoisotopic (exact) mass is 246 g/mol. The lowest BCUT2D eigenvalue weighted by atomic mass is 10.2. The number of allylic oxidation sites excluding steroid dienone is 2. The highest BCUT2D eigenvalue weighted by molar-refractivity contribution is 5.99. The highest BCUT2D eigenvalue weighted by atomic mass is 16.2. The first kappa shape index (κ1) is 11.5. The molecule has 96 valence electrons. The second-order valence-corrected chi connectivity index (χ2v) is 5.01. The fourth-order valence-corrected chi connectivity index (χ4v) is 2.70. The Morgan fingerprint density at radius 3 is 2.78 bits per heavy atom. The van der Waals surface area contributed by atoms with Crippen molar-refractivity contribution in [2.75, 3.05) is 19.6 Å². The smallest absolute Gasteiger partial charge is 0.254 e. The Balaban J connectivity index is 1.92. The van der Waals surface area contributed by atoms with Crippen LogP contribution >= 0.6 is 0 Å². The molecule has 0 spiro atoms. The average Bonchev–Trinajstić information content (AvgIpc) is 2.96. The first-order chi connectivity index (χ1) is 8.66. The Labute approximate surface area is 107 Å². The summed E-state index contributed by atoms with van der Waals surface area (Å²) < 4.78 is 0. The molecule has 3 aliphatic heterocycles. The molecule has 5 heteroatoms. The molecule has 0 aromatic carbocycles. The first-order valence-corrected chi connectivity index (χ1v) is 6.46. The van der Waals surface area contributed by atoms with Gasteiger partial charge in [0, 0.05) is 31.0 Å². The van der Waals surface area contributed by atoms with Gasteiger partial charge >= 0.3 is 0 Å². The summed E-state index contributed by atoms with van der Waals surface area (Å²) in [4.78, 5) is 18.9. The third-order valence-electron chi connectivity index (χ3n) is 3.60. The third-order valence-corrected chi connectivity index (χ3v) is 3.60. The molecule has 0 saturated carbocycles. The maximum Gasteiger partial charge on any atom is 0.254 e. The Hall–Kier alpha value is -1.62. The van der Waals surface area contributed by atoms with E-state index in [0.717, 1.165) is 48.7 Å². The number of rotatable bonds is 1. The number of fused-ring (bicyclic) bond motifs is 1. The van der Waals surface area contributed by atoms with Crippen LogP contribution in [0.15, 0.2) is 28.2 Å². The van der Waals surface area contributed by atoms with Crippen molar-refractivity contribution in [3.8, 4) is 0 Å². The zero-order chi connectivity index (χ0) is 12.7. The van der Waals surface area contributed by atoms with E-state index < -0.39 is 0 Å². The lowest BCUT2D eigenvalue weighted by Crippen LogP contribution is -2.32. The van der Waals surface area contributed by atoms with Crippen molar-refractivity contribution < 1.29 is 4.79 Å². The average molecular weight is 246 g/mol. The predicted molar refractivity (Wildman–Crippen MR) is 69.5 cm³/mol. The Morgan fingerprint density at radius 1 is 1.33 bits per heavy atom. The SMILES string of the molecule is CC1=CC(C)=NC2=C(C(=O)N3CCCC3)CNN12. The van der Waals surface area contributed by atoms with Gasteiger partial charge in [-0.15, -0.1) is 0 Å². The van der Waals surface area contributed by atoms with E-state index in [0.29, 0.717) is 6.54 Å². The van der Waals surface area contributed by atoms with Crippen molar-refractivity contribution in [2.45, 2.75) is 26.7 Å². The number of carbonyl (C=O) groups excluding carboxylic acids is 1. The van der Waals surface area contributed by atoms with Crippen LogP contribution in [0.3, 0.4) is 0 Å². The molecule has 3 rings (SSSR count). The molecule has 0 bridgehead atoms. The van der Waals surface area contributed by atoms with Crippen molar-refractivity contribution in [3.63, 3.8) is 0 Å². The summed E-state index contributed by atoms with van der Waals surface area (Å²) in [6.45, 7) is 6.32. The van der Waals surface area contributed by atoms with E-state index in [1.54, 1.807) is 0 Å². The molecule has 1 fully saturated rings. The molecular weight excluding hydrogens is 228 g/mol. The highest BCUT2D eigenvalue weighted by Crippen LogP contribution is 2.26. The fraction of sp³-hybridized carbons (Fsp3) is 0.538. The van der Waals surface area contributed by atoms with Crippen molar-refractivity contribution in [1.82, 2.24) is 15.3 Å². The van der Waals surface area contributed by atoms with Crippen LogP contribution in [0.1, 0.15) is 26.7 Å². The lowest BCUT2D eigenvalue weighted by Gasteiger charge is -2.24. The number of aliphatic imine (C=N–C) groups is 1. The molecule has 3 heterocycles. The summed E-state index contributed by atoms with van der Waals surface area (Å²) in [5, 5.41) is 1.91. The quantitative estimate of drug-likeness (QED) is 0.751. The van der Waals surface area contributed by atoms with Gasteiger partial charge in [0.05, 0.1) is 5.57 Å². The maximum absolute atomic E-state index is 12.4. The molecule has 0 aromatic rings. The Bertz CT molecular complexity index is 483. The molecule has 0 atom stereocenters. The number of likely N-dealkylation sites (tertiary alicyclic amines) is 1. The molecule has 0 radical (unpaired) electrons. The van der Waals surface area contributed by atoms with Crippen molar-refractivity contribution in [3.05, 3.63) is 23.2 Å². The van der Waals surface area contributed by atoms with Gasteiger partial charge in [-0.1, -0.05) is 0 Å². The minimum Gasteiger partial charge on any atom is -0.339 e. The summed E-state index contributed by atoms with van der Waals surface area (Å²) in [6, 6.07) is 0. The van der Waals surface area contributed by atoms with Gasteiger partial charge in [-0.25, -0.2) is 10.4 Å². The fourth-order valence-electron chi connectivity index (χ4n) is 2.70. The molecule has 1 amide bonds. The van der Waals surface area contributed by atoms with E-state index in [4.69, 9.17) is 0 Å². The molecule has 0 unspecified atom stereocenters. The second kappa shape index (κ2) is 4.24. The summed E-state index contributed by atoms with van der Waals surface area (Å²) in [5.41, 5.74) is 6.05. The zero-order valence-electron chi connectivity index (χ0n) is 10.9. The van der Waals surface area contributed by atoms with E-state index in [-0.39, 0.29) is 5.91 Å². The van der Waals surface area contributed by atoms with Crippen molar-refractivity contribution in [1.29, 1.82) is 0 Å². The number of hydrogen-bond donors (Lipinski definition) is 1. The van der Waals surface area contributed by atoms with E-state index in [1.165, 1.54) is 0 Å². The molecule has 1 N–H and O–H groups in total. The second-order valence-electron chi connectivity index (χ2n) is 5.01. The number of hydrogen-bond acceptors (Lipinski definition) is 4. The third kappa shape index (κ3) is 1.75. The van der Waals surface area contributed by atoms with Gasteiger partial charge in [0.15, 0.2) is 5.82 Å². The van der Waals surface area contributed by atoms with Gasteiger partial charge in [-0.05, 0) is 32.8 Å². The van der Waals surface area contributed by atoms with Gasteiger partial charge in [-0.2, -0.15) is 0 Å². The Kier molecular flexibility index (Phi) is 2.70. The zero-order valence-corrected chi connectivity index (χ0v) is 10.9. The van der Waals surface area contributed by atoms with Crippen LogP contribution in [-0.2, 0) is 4.79 Å². The molecule has 1 saturated heterocycles. The van der Waals surface area contributed by atoms with E-state index in [2.05, 4.69) is 10.4 Å². The molecule has 0 aliphatic carbocycles. The van der Waals surface area contributed by atoms with Crippen LogP contribution in [0.25, 0.3) is 0 Å². The molecule has 18 heavy (non-hydrogen) atoms. The molecule has 0 aromatic heterocycles. The van der Waals surface area contributed by atoms with Crippen LogP contribution in [0.5, 0.6) is 0 Å². The molecular formula is C13H18N4O. The number of hydrazine groups is 1. The van der Waals surface area contributed by atoms with Crippen LogP contribution in [0.4, 0.5) is 0 Å². The largest absolute Gasteiger partial charge is 0.339 e. The number of nitrogens with one attached hydrogen (secondary N) is 1. The highest BCUT2D eigenvalue weighted by Gasteiger charge is 2.32. The standard InChI is InChI=1S/C13H18N4O/c1-9-7-10(2)17-12(15-9)11(8-14-17)13(18)16-5-3-4-6-16/h7,14H,3-6,8H2,1-2H3. The van der Waals surface area contributed by atoms with Crippen molar-refractivity contribution >= 4 is 11.6 Å². The van der Waals surface area contributed by atoms with Gasteiger partial charge in [0.1, 0.15) is 0 Å². The first-order valence-electron chi connectivity index (χ1n) is 6.46. The van der Waals surface area contributed by atoms with Crippen LogP contribution in [-0.4, -0.2) is 41.2 Å².